The van der Waals surface area contributed by atoms with E-state index in [-0.39, 0.29) is 11.6 Å². The molecule has 3 aromatic heterocycles. The Balaban J connectivity index is 1.34. The van der Waals surface area contributed by atoms with Crippen molar-refractivity contribution in [3.8, 4) is 16.4 Å². The minimum absolute atomic E-state index is 0.0271. The molecule has 0 spiro atoms. The van der Waals surface area contributed by atoms with Gasteiger partial charge in [-0.25, -0.2) is 19.0 Å². The van der Waals surface area contributed by atoms with Crippen LogP contribution in [0.25, 0.3) is 16.4 Å². The summed E-state index contributed by atoms with van der Waals surface area (Å²) in [7, 11) is 0. The third-order valence-corrected chi connectivity index (χ3v) is 6.16. The lowest BCUT2D eigenvalue weighted by Gasteiger charge is -2.16. The highest BCUT2D eigenvalue weighted by Gasteiger charge is 2.20. The molecule has 4 aromatic rings. The lowest BCUT2D eigenvalue weighted by Crippen LogP contribution is -2.24. The van der Waals surface area contributed by atoms with Gasteiger partial charge in [0.05, 0.1) is 10.6 Å². The molecule has 1 aliphatic heterocycles. The van der Waals surface area contributed by atoms with Gasteiger partial charge in [0, 0.05) is 25.8 Å². The zero-order valence-corrected chi connectivity index (χ0v) is 18.1. The van der Waals surface area contributed by atoms with Crippen LogP contribution in [0.1, 0.15) is 29.0 Å². The molecule has 0 aliphatic carbocycles. The van der Waals surface area contributed by atoms with Crippen LogP contribution >= 0.6 is 11.3 Å². The number of hydrogen-bond donors (Lipinski definition) is 1. The third-order valence-electron chi connectivity index (χ3n) is 5.30. The first-order valence-electron chi connectivity index (χ1n) is 10.4. The zero-order chi connectivity index (χ0) is 21.9. The van der Waals surface area contributed by atoms with Crippen molar-refractivity contribution in [2.45, 2.75) is 19.4 Å². The van der Waals surface area contributed by atoms with Crippen molar-refractivity contribution in [2.24, 2.45) is 0 Å². The maximum absolute atomic E-state index is 13.8. The largest absolute Gasteiger partial charge is 0.357 e. The molecule has 0 unspecified atom stereocenters. The lowest BCUT2D eigenvalue weighted by molar-refractivity contribution is 0.0940. The molecule has 1 fully saturated rings. The highest BCUT2D eigenvalue weighted by molar-refractivity contribution is 7.13. The van der Waals surface area contributed by atoms with Gasteiger partial charge >= 0.3 is 0 Å². The number of carbonyl (C=O) groups is 1. The van der Waals surface area contributed by atoms with Crippen LogP contribution < -0.4 is 10.2 Å². The van der Waals surface area contributed by atoms with Crippen LogP contribution in [0.3, 0.4) is 0 Å². The van der Waals surface area contributed by atoms with Crippen LogP contribution in [-0.2, 0) is 6.54 Å². The third kappa shape index (κ3) is 4.24. The summed E-state index contributed by atoms with van der Waals surface area (Å²) in [6, 6.07) is 13.8. The highest BCUT2D eigenvalue weighted by Crippen LogP contribution is 2.26. The molecular weight excluding hydrogens is 427 g/mol. The summed E-state index contributed by atoms with van der Waals surface area (Å²) in [5.74, 6) is 0.702. The minimum atomic E-state index is -0.401. The summed E-state index contributed by atoms with van der Waals surface area (Å²) in [6.45, 7) is 2.39. The smallest absolute Gasteiger partial charge is 0.291 e. The maximum atomic E-state index is 13.8. The summed E-state index contributed by atoms with van der Waals surface area (Å²) in [5, 5.41) is 9.13. The fraction of sp³-hybridized carbons (Fsp3) is 0.217. The van der Waals surface area contributed by atoms with Crippen molar-refractivity contribution in [3.63, 3.8) is 0 Å². The average molecular weight is 449 g/mol. The Hall–Kier alpha value is -3.59. The number of amides is 1. The summed E-state index contributed by atoms with van der Waals surface area (Å²) < 4.78 is 15.3. The number of hydrogen-bond acceptors (Lipinski definition) is 6. The highest BCUT2D eigenvalue weighted by atomic mass is 32.1. The van der Waals surface area contributed by atoms with Gasteiger partial charge in [-0.3, -0.25) is 4.79 Å². The molecule has 1 aromatic carbocycles. The second-order valence-electron chi connectivity index (χ2n) is 7.53. The van der Waals surface area contributed by atoms with Gasteiger partial charge in [0.1, 0.15) is 11.6 Å². The lowest BCUT2D eigenvalue weighted by atomic mass is 10.2. The van der Waals surface area contributed by atoms with E-state index >= 15 is 0 Å². The van der Waals surface area contributed by atoms with Crippen LogP contribution in [0.2, 0.25) is 0 Å². The molecule has 32 heavy (non-hydrogen) atoms. The van der Waals surface area contributed by atoms with Gasteiger partial charge in [-0.05, 0) is 54.1 Å². The van der Waals surface area contributed by atoms with E-state index in [1.165, 1.54) is 41.0 Å². The Morgan fingerprint density at radius 1 is 1.12 bits per heavy atom. The van der Waals surface area contributed by atoms with Gasteiger partial charge in [-0.15, -0.1) is 16.4 Å². The number of thiophene rings is 1. The molecule has 162 valence electrons. The maximum Gasteiger partial charge on any atom is 0.291 e. The first kappa shape index (κ1) is 20.3. The summed E-state index contributed by atoms with van der Waals surface area (Å²) in [6.07, 6.45) is 4.17. The van der Waals surface area contributed by atoms with Crippen LogP contribution in [-0.4, -0.2) is 38.7 Å². The topological polar surface area (TPSA) is 75.9 Å². The SMILES string of the molecule is O=C(NCc1ccc(N2CCCC2)nc1)c1nc(-c2cccs2)n(-c2cccc(F)c2)n1. The fourth-order valence-corrected chi connectivity index (χ4v) is 4.38. The monoisotopic (exact) mass is 448 g/mol. The molecule has 7 nitrogen and oxygen atoms in total. The first-order chi connectivity index (χ1) is 15.7. The van der Waals surface area contributed by atoms with E-state index in [0.29, 0.717) is 18.1 Å². The number of benzene rings is 1. The molecule has 1 aliphatic rings. The summed E-state index contributed by atoms with van der Waals surface area (Å²) >= 11 is 1.47. The minimum Gasteiger partial charge on any atom is -0.357 e. The predicted molar refractivity (Wildman–Crippen MR) is 121 cm³/mol. The van der Waals surface area contributed by atoms with Crippen LogP contribution in [0.15, 0.2) is 60.1 Å². The standard InChI is InChI=1S/C23H21FN6OS/c24-17-5-3-6-18(13-17)30-22(19-7-4-12-32-19)27-21(28-30)23(31)26-15-16-8-9-20(25-14-16)29-10-1-2-11-29/h3-9,12-14H,1-2,10-11,15H2,(H,26,31). The van der Waals surface area contributed by atoms with Gasteiger partial charge in [0.15, 0.2) is 5.82 Å². The van der Waals surface area contributed by atoms with Crippen molar-refractivity contribution in [1.29, 1.82) is 0 Å². The fourth-order valence-electron chi connectivity index (χ4n) is 3.68. The normalized spacial score (nSPS) is 13.5. The molecule has 1 saturated heterocycles. The van der Waals surface area contributed by atoms with Crippen LogP contribution in [0, 0.1) is 5.82 Å². The quantitative estimate of drug-likeness (QED) is 0.481. The van der Waals surface area contributed by atoms with E-state index in [1.54, 1.807) is 18.3 Å². The van der Waals surface area contributed by atoms with Gasteiger partial charge in [-0.2, -0.15) is 0 Å². The number of aromatic nitrogens is 4. The first-order valence-corrected chi connectivity index (χ1v) is 11.3. The van der Waals surface area contributed by atoms with Crippen LogP contribution in [0.4, 0.5) is 10.2 Å². The van der Waals surface area contributed by atoms with Crippen molar-refractivity contribution in [3.05, 3.63) is 77.3 Å². The Kier molecular flexibility index (Phi) is 5.64. The zero-order valence-electron chi connectivity index (χ0n) is 17.2. The number of pyridine rings is 1. The second-order valence-corrected chi connectivity index (χ2v) is 8.48. The Bertz CT molecular complexity index is 1220. The summed E-state index contributed by atoms with van der Waals surface area (Å²) in [4.78, 5) is 24.8. The number of halogens is 1. The van der Waals surface area contributed by atoms with E-state index in [9.17, 15) is 9.18 Å². The van der Waals surface area contributed by atoms with Crippen molar-refractivity contribution < 1.29 is 9.18 Å². The van der Waals surface area contributed by atoms with Gasteiger partial charge in [-0.1, -0.05) is 18.2 Å². The van der Waals surface area contributed by atoms with Crippen molar-refractivity contribution in [1.82, 2.24) is 25.1 Å². The molecule has 0 saturated carbocycles. The van der Waals surface area contributed by atoms with Gasteiger partial charge in [0.25, 0.3) is 5.91 Å². The number of rotatable bonds is 6. The molecule has 0 radical (unpaired) electrons. The molecular formula is C23H21FN6OS. The van der Waals surface area contributed by atoms with E-state index in [2.05, 4.69) is 25.3 Å². The summed E-state index contributed by atoms with van der Waals surface area (Å²) in [5.41, 5.74) is 1.39. The predicted octanol–water partition coefficient (Wildman–Crippen LogP) is 4.06. The molecule has 5 rings (SSSR count). The van der Waals surface area contributed by atoms with E-state index in [0.717, 1.165) is 29.3 Å². The molecule has 4 heterocycles. The second kappa shape index (κ2) is 8.88. The van der Waals surface area contributed by atoms with E-state index in [1.807, 2.05) is 29.6 Å². The van der Waals surface area contributed by atoms with Crippen molar-refractivity contribution >= 4 is 23.1 Å². The molecule has 1 amide bonds. The van der Waals surface area contributed by atoms with E-state index < -0.39 is 5.91 Å². The molecule has 0 atom stereocenters. The van der Waals surface area contributed by atoms with Crippen molar-refractivity contribution in [2.75, 3.05) is 18.0 Å². The molecule has 1 N–H and O–H groups in total. The van der Waals surface area contributed by atoms with Crippen LogP contribution in [0.5, 0.6) is 0 Å². The Morgan fingerprint density at radius 2 is 2.00 bits per heavy atom. The molecule has 9 heteroatoms. The number of anilines is 1. The number of carbonyl (C=O) groups excluding carboxylic acids is 1. The molecule has 0 bridgehead atoms. The Labute approximate surface area is 188 Å². The number of nitrogens with zero attached hydrogens (tertiary/aromatic N) is 5. The van der Waals surface area contributed by atoms with E-state index in [4.69, 9.17) is 0 Å². The average Bonchev–Trinajstić information content (AvgIpc) is 3.59. The van der Waals surface area contributed by atoms with Gasteiger partial charge < -0.3 is 10.2 Å². The van der Waals surface area contributed by atoms with Gasteiger partial charge in [0.2, 0.25) is 5.82 Å². The Morgan fingerprint density at radius 3 is 2.72 bits per heavy atom. The number of nitrogens with one attached hydrogen (secondary N) is 1.